The van der Waals surface area contributed by atoms with E-state index in [0.29, 0.717) is 0 Å². The van der Waals surface area contributed by atoms with Gasteiger partial charge in [0.15, 0.2) is 0 Å². The maximum Gasteiger partial charge on any atom is 0.460 e. The first kappa shape index (κ1) is 38.9. The van der Waals surface area contributed by atoms with Gasteiger partial charge in [0.25, 0.3) is 0 Å². The molecule has 0 aromatic rings. The van der Waals surface area contributed by atoms with Crippen LogP contribution in [0.5, 0.6) is 0 Å². The molecule has 1 N–H and O–H groups in total. The fraction of sp³-hybridized carbons (Fsp3) is 0.682. The van der Waals surface area contributed by atoms with Crippen molar-refractivity contribution >= 4 is 17.9 Å². The molecule has 1 unspecified atom stereocenters. The molecule has 0 bridgehead atoms. The van der Waals surface area contributed by atoms with Crippen LogP contribution in [0.15, 0.2) is 24.3 Å². The van der Waals surface area contributed by atoms with Crippen LogP contribution in [-0.4, -0.2) is 84.7 Å². The Morgan fingerprint density at radius 1 is 0.667 bits per heavy atom. The van der Waals surface area contributed by atoms with Crippen molar-refractivity contribution in [2.45, 2.75) is 69.1 Å². The van der Waals surface area contributed by atoms with Gasteiger partial charge in [0.05, 0.1) is 6.10 Å². The molecule has 0 aromatic heterocycles. The number of esters is 3. The summed E-state index contributed by atoms with van der Waals surface area (Å²) in [7, 11) is 0. The Labute approximate surface area is 228 Å². The Morgan fingerprint density at radius 3 is 1.36 bits per heavy atom. The zero-order valence-corrected chi connectivity index (χ0v) is 21.6. The van der Waals surface area contributed by atoms with Crippen LogP contribution in [-0.2, 0) is 28.6 Å². The SMILES string of the molecule is C=C(C)C(=O)OCC(C)(COC(=O)C(=C)C)C(=O)OCC(O)CC(F)(F)C(F)(F)C(F)(F)C(F)(F)C(F)(F)C(F)(F)F. The second-order valence-corrected chi connectivity index (χ2v) is 9.23. The summed E-state index contributed by atoms with van der Waals surface area (Å²) in [6.07, 6.45) is -13.8. The van der Waals surface area contributed by atoms with Crippen LogP contribution < -0.4 is 0 Å². The Hall–Kier alpha value is -3.06. The first-order valence-electron chi connectivity index (χ1n) is 10.9. The smallest absolute Gasteiger partial charge is 0.460 e. The summed E-state index contributed by atoms with van der Waals surface area (Å²) in [6, 6.07) is 0. The minimum atomic E-state index is -8.12. The highest BCUT2D eigenvalue weighted by molar-refractivity contribution is 5.88. The Morgan fingerprint density at radius 2 is 1.02 bits per heavy atom. The highest BCUT2D eigenvalue weighted by atomic mass is 19.4. The van der Waals surface area contributed by atoms with Crippen molar-refractivity contribution in [3.63, 3.8) is 0 Å². The average Bonchev–Trinajstić information content (AvgIpc) is 2.82. The van der Waals surface area contributed by atoms with Crippen molar-refractivity contribution in [3.8, 4) is 0 Å². The van der Waals surface area contributed by atoms with Gasteiger partial charge in [-0.2, -0.15) is 57.1 Å². The van der Waals surface area contributed by atoms with E-state index in [1.165, 1.54) is 0 Å². The van der Waals surface area contributed by atoms with E-state index in [-0.39, 0.29) is 11.1 Å². The molecule has 0 heterocycles. The molecular weight excluding hydrogens is 623 g/mol. The number of ether oxygens (including phenoxy) is 3. The van der Waals surface area contributed by atoms with E-state index >= 15 is 0 Å². The van der Waals surface area contributed by atoms with Gasteiger partial charge in [-0.05, 0) is 20.8 Å². The lowest BCUT2D eigenvalue weighted by molar-refractivity contribution is -0.440. The standard InChI is InChI=1S/C22H23F13O7/c1-10(2)13(37)41-8-16(5,9-42-14(38)11(3)4)15(39)40-7-12(36)6-17(23,24)18(25,26)19(27,28)20(29,30)21(31,32)22(33,34)35/h12,36H,1,3,6-9H2,2,4-5H3. The van der Waals surface area contributed by atoms with Gasteiger partial charge in [-0.25, -0.2) is 9.59 Å². The van der Waals surface area contributed by atoms with E-state index in [4.69, 9.17) is 9.47 Å². The van der Waals surface area contributed by atoms with Gasteiger partial charge in [0, 0.05) is 17.6 Å². The Balaban J connectivity index is 5.90. The van der Waals surface area contributed by atoms with Crippen LogP contribution in [0.3, 0.4) is 0 Å². The molecule has 42 heavy (non-hydrogen) atoms. The molecule has 7 nitrogen and oxygen atoms in total. The van der Waals surface area contributed by atoms with Gasteiger partial charge in [0.2, 0.25) is 0 Å². The van der Waals surface area contributed by atoms with Crippen molar-refractivity contribution in [1.82, 2.24) is 0 Å². The highest BCUT2D eigenvalue weighted by Gasteiger charge is 2.90. The van der Waals surface area contributed by atoms with Gasteiger partial charge in [-0.3, -0.25) is 4.79 Å². The van der Waals surface area contributed by atoms with Gasteiger partial charge in [-0.1, -0.05) is 13.2 Å². The van der Waals surface area contributed by atoms with E-state index in [0.717, 1.165) is 20.8 Å². The minimum absolute atomic E-state index is 0.210. The number of carbonyl (C=O) groups excluding carboxylic acids is 3. The summed E-state index contributed by atoms with van der Waals surface area (Å²) >= 11 is 0. The van der Waals surface area contributed by atoms with Crippen molar-refractivity contribution in [2.75, 3.05) is 19.8 Å². The first-order chi connectivity index (χ1) is 18.4. The van der Waals surface area contributed by atoms with Crippen molar-refractivity contribution < 1.29 is 90.8 Å². The summed E-state index contributed by atoms with van der Waals surface area (Å²) < 4.78 is 186. The minimum Gasteiger partial charge on any atom is -0.462 e. The number of halogens is 13. The van der Waals surface area contributed by atoms with E-state index in [1.807, 2.05) is 0 Å². The number of alkyl halides is 13. The average molecular weight is 646 g/mol. The number of aliphatic hydroxyl groups excluding tert-OH is 1. The number of rotatable bonds is 15. The van der Waals surface area contributed by atoms with Crippen LogP contribution in [0.1, 0.15) is 27.2 Å². The highest BCUT2D eigenvalue weighted by Crippen LogP contribution is 2.60. The van der Waals surface area contributed by atoms with E-state index in [2.05, 4.69) is 17.9 Å². The Kier molecular flexibility index (Phi) is 11.7. The summed E-state index contributed by atoms with van der Waals surface area (Å²) in [5, 5.41) is 9.56. The molecule has 0 spiro atoms. The van der Waals surface area contributed by atoms with Crippen LogP contribution in [0, 0.1) is 5.41 Å². The van der Waals surface area contributed by atoms with Gasteiger partial charge < -0.3 is 19.3 Å². The predicted molar refractivity (Wildman–Crippen MR) is 112 cm³/mol. The molecule has 20 heteroatoms. The molecule has 244 valence electrons. The molecule has 0 rings (SSSR count). The number of hydrogen-bond donors (Lipinski definition) is 1. The predicted octanol–water partition coefficient (Wildman–Crippen LogP) is 5.26. The van der Waals surface area contributed by atoms with Crippen LogP contribution in [0.4, 0.5) is 57.1 Å². The molecule has 0 aliphatic heterocycles. The molecule has 0 amide bonds. The summed E-state index contributed by atoms with van der Waals surface area (Å²) in [4.78, 5) is 35.7. The van der Waals surface area contributed by atoms with E-state index in [1.54, 1.807) is 0 Å². The Bertz CT molecular complexity index is 1020. The lowest BCUT2D eigenvalue weighted by Gasteiger charge is -2.40. The lowest BCUT2D eigenvalue weighted by atomic mass is 9.91. The molecule has 0 saturated carbocycles. The van der Waals surface area contributed by atoms with E-state index < -0.39 is 91.5 Å². The number of hydrogen-bond acceptors (Lipinski definition) is 7. The fourth-order valence-corrected chi connectivity index (χ4v) is 2.49. The maximum absolute atomic E-state index is 14.0. The molecule has 0 fully saturated rings. The van der Waals surface area contributed by atoms with Crippen molar-refractivity contribution in [1.29, 1.82) is 0 Å². The molecule has 0 aromatic carbocycles. The third-order valence-electron chi connectivity index (χ3n) is 5.13. The summed E-state index contributed by atoms with van der Waals surface area (Å²) in [6.45, 7) is 5.80. The normalized spacial score (nSPS) is 14.6. The number of aliphatic hydroxyl groups is 1. The fourth-order valence-electron chi connectivity index (χ4n) is 2.49. The topological polar surface area (TPSA) is 99.1 Å². The van der Waals surface area contributed by atoms with Gasteiger partial charge in [0.1, 0.15) is 25.2 Å². The van der Waals surface area contributed by atoms with Gasteiger partial charge in [-0.15, -0.1) is 0 Å². The zero-order valence-electron chi connectivity index (χ0n) is 21.6. The van der Waals surface area contributed by atoms with Crippen LogP contribution in [0.2, 0.25) is 0 Å². The zero-order chi connectivity index (χ0) is 33.9. The first-order valence-corrected chi connectivity index (χ1v) is 10.9. The second-order valence-electron chi connectivity index (χ2n) is 9.23. The number of carbonyl (C=O) groups is 3. The summed E-state index contributed by atoms with van der Waals surface area (Å²) in [5.41, 5.74) is -2.65. The monoisotopic (exact) mass is 646 g/mol. The third-order valence-corrected chi connectivity index (χ3v) is 5.13. The molecule has 0 saturated heterocycles. The largest absolute Gasteiger partial charge is 0.462 e. The molecule has 0 radical (unpaired) electrons. The third kappa shape index (κ3) is 7.85. The van der Waals surface area contributed by atoms with Crippen LogP contribution >= 0.6 is 0 Å². The van der Waals surface area contributed by atoms with Crippen molar-refractivity contribution in [3.05, 3.63) is 24.3 Å². The lowest BCUT2D eigenvalue weighted by Crippen LogP contribution is -2.70. The van der Waals surface area contributed by atoms with Gasteiger partial charge >= 0.3 is 53.7 Å². The van der Waals surface area contributed by atoms with Crippen molar-refractivity contribution in [2.24, 2.45) is 5.41 Å². The second kappa shape index (κ2) is 12.7. The van der Waals surface area contributed by atoms with Crippen LogP contribution in [0.25, 0.3) is 0 Å². The molecule has 0 aliphatic carbocycles. The summed E-state index contributed by atoms with van der Waals surface area (Å²) in [5.74, 6) is -42.3. The quantitative estimate of drug-likeness (QED) is 0.112. The molecular formula is C22H23F13O7. The van der Waals surface area contributed by atoms with E-state index in [9.17, 15) is 76.6 Å². The maximum atomic E-state index is 14.0. The molecule has 1 atom stereocenters. The molecule has 0 aliphatic rings.